The number of halogens is 1. The Morgan fingerprint density at radius 1 is 1.47 bits per heavy atom. The maximum Gasteiger partial charge on any atom is 0.153 e. The van der Waals surface area contributed by atoms with Crippen LogP contribution >= 0.6 is 0 Å². The molecular formula is C12H18FN3O. The number of nitrogens with zero attached hydrogens (tertiary/aromatic N) is 3. The minimum Gasteiger partial charge on any atom is -0.381 e. The van der Waals surface area contributed by atoms with Crippen LogP contribution in [0.5, 0.6) is 0 Å². The number of rotatable bonds is 3. The minimum atomic E-state index is -1.25. The molecule has 2 heterocycles. The number of anilines is 1. The largest absolute Gasteiger partial charge is 0.381 e. The SMILES string of the molecule is COCC1(F)CCN(c2ncnc(C)c2C)C1. The second kappa shape index (κ2) is 4.56. The Bertz CT molecular complexity index is 413. The maximum atomic E-state index is 14.3. The highest BCUT2D eigenvalue weighted by Crippen LogP contribution is 2.30. The third kappa shape index (κ3) is 2.39. The molecule has 1 unspecified atom stereocenters. The van der Waals surface area contributed by atoms with E-state index in [0.717, 1.165) is 17.1 Å². The molecular weight excluding hydrogens is 221 g/mol. The van der Waals surface area contributed by atoms with Crippen LogP contribution < -0.4 is 4.90 Å². The van der Waals surface area contributed by atoms with Crippen molar-refractivity contribution < 1.29 is 9.13 Å². The summed E-state index contributed by atoms with van der Waals surface area (Å²) in [5, 5.41) is 0. The third-order valence-electron chi connectivity index (χ3n) is 3.32. The van der Waals surface area contributed by atoms with Crippen molar-refractivity contribution in [3.05, 3.63) is 17.6 Å². The van der Waals surface area contributed by atoms with E-state index >= 15 is 0 Å². The van der Waals surface area contributed by atoms with Crippen molar-refractivity contribution in [2.45, 2.75) is 25.9 Å². The molecule has 1 aliphatic heterocycles. The van der Waals surface area contributed by atoms with E-state index in [9.17, 15) is 4.39 Å². The van der Waals surface area contributed by atoms with E-state index in [0.29, 0.717) is 19.5 Å². The smallest absolute Gasteiger partial charge is 0.153 e. The monoisotopic (exact) mass is 239 g/mol. The zero-order valence-corrected chi connectivity index (χ0v) is 10.5. The molecule has 0 N–H and O–H groups in total. The quantitative estimate of drug-likeness (QED) is 0.804. The first-order valence-corrected chi connectivity index (χ1v) is 5.77. The van der Waals surface area contributed by atoms with Crippen molar-refractivity contribution in [1.29, 1.82) is 0 Å². The van der Waals surface area contributed by atoms with Crippen molar-refractivity contribution in [3.63, 3.8) is 0 Å². The molecule has 5 heteroatoms. The van der Waals surface area contributed by atoms with E-state index in [1.807, 2.05) is 18.7 Å². The van der Waals surface area contributed by atoms with Crippen LogP contribution in [-0.4, -0.2) is 42.4 Å². The summed E-state index contributed by atoms with van der Waals surface area (Å²) in [4.78, 5) is 10.4. The number of aryl methyl sites for hydroxylation is 1. The fraction of sp³-hybridized carbons (Fsp3) is 0.667. The van der Waals surface area contributed by atoms with Gasteiger partial charge < -0.3 is 9.64 Å². The van der Waals surface area contributed by atoms with Crippen molar-refractivity contribution in [3.8, 4) is 0 Å². The summed E-state index contributed by atoms with van der Waals surface area (Å²) in [5.41, 5.74) is 0.715. The molecule has 0 saturated carbocycles. The maximum absolute atomic E-state index is 14.3. The van der Waals surface area contributed by atoms with Gasteiger partial charge in [-0.25, -0.2) is 14.4 Å². The van der Waals surface area contributed by atoms with E-state index in [1.54, 1.807) is 0 Å². The molecule has 0 amide bonds. The Morgan fingerprint density at radius 2 is 2.24 bits per heavy atom. The van der Waals surface area contributed by atoms with Crippen molar-refractivity contribution in [2.24, 2.45) is 0 Å². The number of ether oxygens (including phenoxy) is 1. The number of aromatic nitrogens is 2. The molecule has 94 valence electrons. The lowest BCUT2D eigenvalue weighted by Gasteiger charge is -2.22. The summed E-state index contributed by atoms with van der Waals surface area (Å²) >= 11 is 0. The first-order valence-electron chi connectivity index (χ1n) is 5.77. The molecule has 1 aromatic rings. The fourth-order valence-electron chi connectivity index (χ4n) is 2.24. The average Bonchev–Trinajstić information content (AvgIpc) is 2.65. The minimum absolute atomic E-state index is 0.145. The van der Waals surface area contributed by atoms with Crippen molar-refractivity contribution in [2.75, 3.05) is 31.7 Å². The second-order valence-electron chi connectivity index (χ2n) is 4.66. The van der Waals surface area contributed by atoms with Gasteiger partial charge in [-0.1, -0.05) is 0 Å². The van der Waals surface area contributed by atoms with Gasteiger partial charge in [0.2, 0.25) is 0 Å². The summed E-state index contributed by atoms with van der Waals surface area (Å²) in [6, 6.07) is 0. The molecule has 1 fully saturated rings. The second-order valence-corrected chi connectivity index (χ2v) is 4.66. The van der Waals surface area contributed by atoms with Crippen LogP contribution in [0, 0.1) is 13.8 Å². The molecule has 0 bridgehead atoms. The van der Waals surface area contributed by atoms with E-state index in [4.69, 9.17) is 4.74 Å². The lowest BCUT2D eigenvalue weighted by molar-refractivity contribution is 0.0570. The Kier molecular flexibility index (Phi) is 3.28. The predicted octanol–water partition coefficient (Wildman–Crippen LogP) is 1.66. The van der Waals surface area contributed by atoms with Crippen LogP contribution in [0.25, 0.3) is 0 Å². The zero-order valence-electron chi connectivity index (χ0n) is 10.5. The molecule has 1 saturated heterocycles. The number of alkyl halides is 1. The van der Waals surface area contributed by atoms with Gasteiger partial charge in [-0.2, -0.15) is 0 Å². The first kappa shape index (κ1) is 12.2. The highest BCUT2D eigenvalue weighted by atomic mass is 19.1. The number of methoxy groups -OCH3 is 1. The van der Waals surface area contributed by atoms with E-state index in [-0.39, 0.29) is 6.61 Å². The molecule has 4 nitrogen and oxygen atoms in total. The van der Waals surface area contributed by atoms with Crippen LogP contribution in [0.1, 0.15) is 17.7 Å². The van der Waals surface area contributed by atoms with E-state index < -0.39 is 5.67 Å². The fourth-order valence-corrected chi connectivity index (χ4v) is 2.24. The molecule has 0 aliphatic carbocycles. The van der Waals surface area contributed by atoms with Crippen LogP contribution in [-0.2, 0) is 4.74 Å². The molecule has 2 rings (SSSR count). The predicted molar refractivity (Wildman–Crippen MR) is 64.1 cm³/mol. The topological polar surface area (TPSA) is 38.2 Å². The molecule has 17 heavy (non-hydrogen) atoms. The Hall–Kier alpha value is -1.23. The summed E-state index contributed by atoms with van der Waals surface area (Å²) in [5.74, 6) is 0.841. The summed E-state index contributed by atoms with van der Waals surface area (Å²) < 4.78 is 19.2. The standard InChI is InChI=1S/C12H18FN3O/c1-9-10(2)14-8-15-11(9)16-5-4-12(13,6-16)7-17-3/h8H,4-7H2,1-3H3. The first-order chi connectivity index (χ1) is 8.06. The van der Waals surface area contributed by atoms with E-state index in [1.165, 1.54) is 13.4 Å². The highest BCUT2D eigenvalue weighted by Gasteiger charge is 2.39. The lowest BCUT2D eigenvalue weighted by Crippen LogP contribution is -2.33. The van der Waals surface area contributed by atoms with Gasteiger partial charge in [-0.3, -0.25) is 0 Å². The van der Waals surface area contributed by atoms with Crippen LogP contribution in [0.15, 0.2) is 6.33 Å². The Balaban J connectivity index is 2.18. The number of hydrogen-bond donors (Lipinski definition) is 0. The van der Waals surface area contributed by atoms with Gasteiger partial charge in [0.15, 0.2) is 5.67 Å². The Labute approximate surface area is 101 Å². The molecule has 1 atom stereocenters. The molecule has 1 aromatic heterocycles. The van der Waals surface area contributed by atoms with Crippen LogP contribution in [0.2, 0.25) is 0 Å². The third-order valence-corrected chi connectivity index (χ3v) is 3.32. The molecule has 1 aliphatic rings. The van der Waals surface area contributed by atoms with Gasteiger partial charge in [0, 0.05) is 31.3 Å². The van der Waals surface area contributed by atoms with Gasteiger partial charge >= 0.3 is 0 Å². The molecule has 0 radical (unpaired) electrons. The average molecular weight is 239 g/mol. The lowest BCUT2D eigenvalue weighted by atomic mass is 10.1. The normalized spacial score (nSPS) is 24.4. The molecule has 0 aromatic carbocycles. The number of hydrogen-bond acceptors (Lipinski definition) is 4. The van der Waals surface area contributed by atoms with Crippen LogP contribution in [0.3, 0.4) is 0 Å². The summed E-state index contributed by atoms with van der Waals surface area (Å²) in [6.07, 6.45) is 2.02. The van der Waals surface area contributed by atoms with Crippen molar-refractivity contribution >= 4 is 5.82 Å². The molecule has 0 spiro atoms. The van der Waals surface area contributed by atoms with Gasteiger partial charge in [0.25, 0.3) is 0 Å². The highest BCUT2D eigenvalue weighted by molar-refractivity contribution is 5.49. The van der Waals surface area contributed by atoms with Gasteiger partial charge in [-0.05, 0) is 13.8 Å². The zero-order chi connectivity index (χ0) is 12.5. The summed E-state index contributed by atoms with van der Waals surface area (Å²) in [6.45, 7) is 5.08. The van der Waals surface area contributed by atoms with Gasteiger partial charge in [0.05, 0.1) is 13.2 Å². The van der Waals surface area contributed by atoms with E-state index in [2.05, 4.69) is 9.97 Å². The Morgan fingerprint density at radius 3 is 2.94 bits per heavy atom. The van der Waals surface area contributed by atoms with Crippen molar-refractivity contribution in [1.82, 2.24) is 9.97 Å². The van der Waals surface area contributed by atoms with Gasteiger partial charge in [-0.15, -0.1) is 0 Å². The van der Waals surface area contributed by atoms with Gasteiger partial charge in [0.1, 0.15) is 12.1 Å². The summed E-state index contributed by atoms with van der Waals surface area (Å²) in [7, 11) is 1.53. The van der Waals surface area contributed by atoms with Crippen LogP contribution in [0.4, 0.5) is 10.2 Å².